The average molecular weight is 318 g/mol. The van der Waals surface area contributed by atoms with Gasteiger partial charge in [-0.25, -0.2) is 4.79 Å². The van der Waals surface area contributed by atoms with Gasteiger partial charge >= 0.3 is 13.3 Å². The highest BCUT2D eigenvalue weighted by atomic mass is 31.2. The third kappa shape index (κ3) is 2.65. The Morgan fingerprint density at radius 2 is 1.95 bits per heavy atom. The summed E-state index contributed by atoms with van der Waals surface area (Å²) in [6, 6.07) is -0.406. The van der Waals surface area contributed by atoms with Crippen LogP contribution in [0.25, 0.3) is 11.2 Å². The number of fused-ring (bicyclic) bond motifs is 1. The quantitative estimate of drug-likeness (QED) is 0.719. The van der Waals surface area contributed by atoms with Crippen LogP contribution in [-0.4, -0.2) is 44.6 Å². The predicted molar refractivity (Wildman–Crippen MR) is 73.8 cm³/mol. The molecule has 10 nitrogen and oxygen atoms in total. The van der Waals surface area contributed by atoms with E-state index in [-0.39, 0.29) is 23.9 Å². The number of aromatic hydroxyl groups is 1. The summed E-state index contributed by atoms with van der Waals surface area (Å²) < 4.78 is 23.8. The number of imidazole rings is 1. The number of nitrogens with zero attached hydrogens (tertiary/aromatic N) is 3. The summed E-state index contributed by atoms with van der Waals surface area (Å²) in [5.41, 5.74) is -1.34. The van der Waals surface area contributed by atoms with Crippen LogP contribution < -0.4 is 11.2 Å². The molecule has 0 aliphatic rings. The van der Waals surface area contributed by atoms with Crippen LogP contribution in [0, 0.1) is 0 Å². The van der Waals surface area contributed by atoms with Crippen molar-refractivity contribution in [2.24, 2.45) is 7.05 Å². The van der Waals surface area contributed by atoms with E-state index in [1.807, 2.05) is 0 Å². The Hall–Kier alpha value is -1.90. The topological polar surface area (TPSA) is 128 Å². The normalized spacial score (nSPS) is 12.1. The number of nitrogens with one attached hydrogen (secondary N) is 1. The number of aromatic nitrogens is 4. The van der Waals surface area contributed by atoms with Crippen LogP contribution in [0.1, 0.15) is 0 Å². The first-order chi connectivity index (χ1) is 9.83. The highest BCUT2D eigenvalue weighted by molar-refractivity contribution is 7.53. The van der Waals surface area contributed by atoms with Gasteiger partial charge in [0.2, 0.25) is 0 Å². The summed E-state index contributed by atoms with van der Waals surface area (Å²) >= 11 is 0. The van der Waals surface area contributed by atoms with Gasteiger partial charge in [0.05, 0.1) is 6.16 Å². The molecule has 0 saturated carbocycles. The molecule has 2 N–H and O–H groups in total. The van der Waals surface area contributed by atoms with Crippen molar-refractivity contribution in [1.29, 1.82) is 0 Å². The molecule has 0 amide bonds. The van der Waals surface area contributed by atoms with Crippen molar-refractivity contribution in [1.82, 2.24) is 19.1 Å². The molecule has 0 spiro atoms. The molecule has 21 heavy (non-hydrogen) atoms. The summed E-state index contributed by atoms with van der Waals surface area (Å²) in [4.78, 5) is 29.5. The number of aromatic amines is 1. The van der Waals surface area contributed by atoms with Crippen LogP contribution in [0.5, 0.6) is 6.01 Å². The van der Waals surface area contributed by atoms with E-state index in [1.54, 1.807) is 0 Å². The largest absolute Gasteiger partial charge is 0.480 e. The lowest BCUT2D eigenvalue weighted by molar-refractivity contribution is 0.274. The first kappa shape index (κ1) is 15.5. The molecule has 0 saturated heterocycles. The maximum atomic E-state index is 12.0. The van der Waals surface area contributed by atoms with E-state index in [9.17, 15) is 19.3 Å². The molecule has 2 aromatic rings. The Morgan fingerprint density at radius 3 is 2.52 bits per heavy atom. The molecule has 2 heterocycles. The van der Waals surface area contributed by atoms with Gasteiger partial charge in [0.1, 0.15) is 0 Å². The molecule has 0 radical (unpaired) electrons. The molecule has 0 aliphatic carbocycles. The molecule has 116 valence electrons. The highest BCUT2D eigenvalue weighted by Crippen LogP contribution is 2.46. The number of hydrogen-bond acceptors (Lipinski definition) is 7. The van der Waals surface area contributed by atoms with Gasteiger partial charge in [-0.3, -0.25) is 23.5 Å². The molecular weight excluding hydrogens is 303 g/mol. The second-order valence-electron chi connectivity index (χ2n) is 4.25. The third-order valence-corrected chi connectivity index (χ3v) is 5.00. The maximum absolute atomic E-state index is 12.0. The van der Waals surface area contributed by atoms with E-state index >= 15 is 0 Å². The molecule has 2 rings (SSSR count). The first-order valence-electron chi connectivity index (χ1n) is 5.92. The van der Waals surface area contributed by atoms with Crippen molar-refractivity contribution in [2.75, 3.05) is 20.4 Å². The molecule has 0 aliphatic heterocycles. The minimum absolute atomic E-state index is 0.00232. The van der Waals surface area contributed by atoms with Gasteiger partial charge in [0, 0.05) is 27.8 Å². The van der Waals surface area contributed by atoms with E-state index in [0.29, 0.717) is 0 Å². The molecule has 11 heteroatoms. The SMILES string of the molecule is COP(=O)(CCn1c(=O)[nH]c(=O)c2c1nc(O)n2C)OC. The Kier molecular flexibility index (Phi) is 4.04. The van der Waals surface area contributed by atoms with Crippen molar-refractivity contribution in [3.8, 4) is 6.01 Å². The van der Waals surface area contributed by atoms with Crippen molar-refractivity contribution >= 4 is 18.8 Å². The van der Waals surface area contributed by atoms with Crippen molar-refractivity contribution in [2.45, 2.75) is 6.54 Å². The van der Waals surface area contributed by atoms with Crippen LogP contribution >= 0.6 is 7.60 Å². The lowest BCUT2D eigenvalue weighted by Gasteiger charge is -2.14. The van der Waals surface area contributed by atoms with Gasteiger partial charge in [-0.15, -0.1) is 0 Å². The number of rotatable bonds is 5. The first-order valence-corrected chi connectivity index (χ1v) is 7.65. The van der Waals surface area contributed by atoms with Crippen LogP contribution in [0.15, 0.2) is 9.59 Å². The van der Waals surface area contributed by atoms with E-state index in [0.717, 1.165) is 9.13 Å². The van der Waals surface area contributed by atoms with Gasteiger partial charge in [0.15, 0.2) is 11.2 Å². The third-order valence-electron chi connectivity index (χ3n) is 3.14. The summed E-state index contributed by atoms with van der Waals surface area (Å²) in [5.74, 6) is 0. The van der Waals surface area contributed by atoms with Crippen molar-refractivity contribution in [3.63, 3.8) is 0 Å². The molecule has 0 unspecified atom stereocenters. The van der Waals surface area contributed by atoms with Crippen LogP contribution in [0.2, 0.25) is 0 Å². The standard InChI is InChI=1S/C10H15N4O6P/c1-13-6-7(11-9(13)16)14(10(17)12-8(6)15)4-5-21(18,19-2)20-3/h4-5H2,1-3H3,(H,11,16)(H,12,15,17). The van der Waals surface area contributed by atoms with Crippen molar-refractivity contribution in [3.05, 3.63) is 20.8 Å². The smallest absolute Gasteiger partial charge is 0.331 e. The zero-order valence-electron chi connectivity index (χ0n) is 11.7. The molecule has 0 atom stereocenters. The predicted octanol–water partition coefficient (Wildman–Crippen LogP) is -0.385. The van der Waals surface area contributed by atoms with Crippen LogP contribution in [0.4, 0.5) is 0 Å². The molecule has 0 aromatic carbocycles. The van der Waals surface area contributed by atoms with E-state index in [4.69, 9.17) is 9.05 Å². The van der Waals surface area contributed by atoms with Gasteiger partial charge in [0.25, 0.3) is 11.6 Å². The number of aryl methyl sites for hydroxylation is 2. The Morgan fingerprint density at radius 1 is 1.33 bits per heavy atom. The van der Waals surface area contributed by atoms with Crippen molar-refractivity contribution < 1.29 is 18.7 Å². The van der Waals surface area contributed by atoms with Crippen LogP contribution in [-0.2, 0) is 27.2 Å². The lowest BCUT2D eigenvalue weighted by atomic mass is 10.5. The fraction of sp³-hybridized carbons (Fsp3) is 0.500. The zero-order chi connectivity index (χ0) is 15.8. The summed E-state index contributed by atoms with van der Waals surface area (Å²) in [6.07, 6.45) is -0.0849. The van der Waals surface area contributed by atoms with E-state index in [1.165, 1.54) is 21.3 Å². The molecule has 0 fully saturated rings. The fourth-order valence-corrected chi connectivity index (χ4v) is 2.88. The van der Waals surface area contributed by atoms with E-state index in [2.05, 4.69) is 9.97 Å². The van der Waals surface area contributed by atoms with Crippen LogP contribution in [0.3, 0.4) is 0 Å². The lowest BCUT2D eigenvalue weighted by Crippen LogP contribution is -2.31. The second kappa shape index (κ2) is 5.47. The monoisotopic (exact) mass is 318 g/mol. The average Bonchev–Trinajstić information content (AvgIpc) is 2.74. The maximum Gasteiger partial charge on any atom is 0.331 e. The number of H-pyrrole nitrogens is 1. The van der Waals surface area contributed by atoms with Gasteiger partial charge in [-0.1, -0.05) is 0 Å². The highest BCUT2D eigenvalue weighted by Gasteiger charge is 2.23. The van der Waals surface area contributed by atoms with E-state index < -0.39 is 24.9 Å². The summed E-state index contributed by atoms with van der Waals surface area (Å²) in [5, 5.41) is 9.58. The number of hydrogen-bond donors (Lipinski definition) is 2. The zero-order valence-corrected chi connectivity index (χ0v) is 12.6. The molecule has 0 bridgehead atoms. The Labute approximate surface area is 118 Å². The Bertz CT molecular complexity index is 826. The fourth-order valence-electron chi connectivity index (χ4n) is 1.92. The minimum atomic E-state index is -3.31. The minimum Gasteiger partial charge on any atom is -0.480 e. The summed E-state index contributed by atoms with van der Waals surface area (Å²) in [7, 11) is 0.601. The van der Waals surface area contributed by atoms with Gasteiger partial charge < -0.3 is 14.2 Å². The van der Waals surface area contributed by atoms with Gasteiger partial charge in [-0.05, 0) is 0 Å². The Balaban J connectivity index is 2.55. The summed E-state index contributed by atoms with van der Waals surface area (Å²) in [6.45, 7) is -0.0540. The molecule has 2 aromatic heterocycles. The molecular formula is C10H15N4O6P. The second-order valence-corrected chi connectivity index (χ2v) is 6.65. The van der Waals surface area contributed by atoms with Gasteiger partial charge in [-0.2, -0.15) is 4.98 Å².